The first-order valence-corrected chi connectivity index (χ1v) is 12.8. The summed E-state index contributed by atoms with van der Waals surface area (Å²) in [6, 6.07) is 11.0. The maximum atomic E-state index is 4.78. The van der Waals surface area contributed by atoms with Gasteiger partial charge in [0.25, 0.3) is 0 Å². The number of benzene rings is 1. The molecule has 0 saturated carbocycles. The van der Waals surface area contributed by atoms with Crippen molar-refractivity contribution in [3.63, 3.8) is 0 Å². The molecule has 35 heavy (non-hydrogen) atoms. The highest BCUT2D eigenvalue weighted by atomic mass is 15.5. The van der Waals surface area contributed by atoms with Crippen LogP contribution in [0.1, 0.15) is 69.3 Å². The lowest BCUT2D eigenvalue weighted by molar-refractivity contribution is 0.303. The summed E-state index contributed by atoms with van der Waals surface area (Å²) in [7, 11) is 0. The Morgan fingerprint density at radius 2 is 1.91 bits per heavy atom. The summed E-state index contributed by atoms with van der Waals surface area (Å²) < 4.78 is 0. The van der Waals surface area contributed by atoms with Crippen LogP contribution in [-0.4, -0.2) is 15.0 Å². The van der Waals surface area contributed by atoms with Crippen molar-refractivity contribution in [1.82, 2.24) is 15.0 Å². The molecular formula is C32H39N3. The highest BCUT2D eigenvalue weighted by molar-refractivity contribution is 5.70. The molecule has 0 amide bonds. The fourth-order valence-electron chi connectivity index (χ4n) is 4.99. The summed E-state index contributed by atoms with van der Waals surface area (Å²) in [5, 5.41) is 9.43. The second-order valence-corrected chi connectivity index (χ2v) is 11.1. The molecule has 3 nitrogen and oxygen atoms in total. The zero-order valence-corrected chi connectivity index (χ0v) is 21.5. The van der Waals surface area contributed by atoms with Gasteiger partial charge >= 0.3 is 0 Å². The van der Waals surface area contributed by atoms with Crippen molar-refractivity contribution >= 4 is 11.6 Å². The van der Waals surface area contributed by atoms with Gasteiger partial charge in [0.2, 0.25) is 0 Å². The van der Waals surface area contributed by atoms with E-state index in [2.05, 4.69) is 112 Å². The van der Waals surface area contributed by atoms with Gasteiger partial charge in [0.15, 0.2) is 0 Å². The zero-order chi connectivity index (χ0) is 24.8. The predicted octanol–water partition coefficient (Wildman–Crippen LogP) is 8.18. The fourth-order valence-corrected chi connectivity index (χ4v) is 4.99. The van der Waals surface area contributed by atoms with Gasteiger partial charge in [-0.15, -0.1) is 0 Å². The third-order valence-corrected chi connectivity index (χ3v) is 6.83. The summed E-state index contributed by atoms with van der Waals surface area (Å²) in [5.41, 5.74) is 5.67. The lowest BCUT2D eigenvalue weighted by Crippen LogP contribution is -2.17. The van der Waals surface area contributed by atoms with E-state index in [0.29, 0.717) is 11.8 Å². The molecule has 0 N–H and O–H groups in total. The molecule has 2 aliphatic rings. The van der Waals surface area contributed by atoms with Crippen LogP contribution < -0.4 is 0 Å². The molecule has 4 rings (SSSR count). The van der Waals surface area contributed by atoms with E-state index in [0.717, 1.165) is 42.8 Å². The predicted molar refractivity (Wildman–Crippen MR) is 149 cm³/mol. The van der Waals surface area contributed by atoms with Crippen LogP contribution >= 0.6 is 0 Å². The molecular weight excluding hydrogens is 426 g/mol. The minimum Gasteiger partial charge on any atom is -0.183 e. The first-order valence-electron chi connectivity index (χ1n) is 12.8. The van der Waals surface area contributed by atoms with Gasteiger partial charge in [0, 0.05) is 5.92 Å². The van der Waals surface area contributed by atoms with Crippen LogP contribution in [0.4, 0.5) is 0 Å². The van der Waals surface area contributed by atoms with E-state index in [9.17, 15) is 0 Å². The van der Waals surface area contributed by atoms with Crippen molar-refractivity contribution in [3.8, 4) is 0 Å². The normalized spacial score (nSPS) is 20.5. The maximum absolute atomic E-state index is 4.78. The molecule has 2 aromatic rings. The topological polar surface area (TPSA) is 30.7 Å². The van der Waals surface area contributed by atoms with E-state index in [1.54, 1.807) is 10.9 Å². The monoisotopic (exact) mass is 465 g/mol. The molecule has 1 heterocycles. The van der Waals surface area contributed by atoms with Crippen LogP contribution in [0.3, 0.4) is 0 Å². The second kappa shape index (κ2) is 11.0. The van der Waals surface area contributed by atoms with E-state index in [1.165, 1.54) is 17.6 Å². The van der Waals surface area contributed by atoms with Crippen LogP contribution in [0.5, 0.6) is 0 Å². The average molecular weight is 466 g/mol. The van der Waals surface area contributed by atoms with Crippen LogP contribution in [0.25, 0.3) is 11.6 Å². The van der Waals surface area contributed by atoms with Crippen LogP contribution in [0.15, 0.2) is 91.6 Å². The number of hydrogen-bond acceptors (Lipinski definition) is 2. The number of hydrogen-bond donors (Lipinski definition) is 0. The third kappa shape index (κ3) is 6.69. The molecule has 0 saturated heterocycles. The quantitative estimate of drug-likeness (QED) is 0.374. The molecule has 182 valence electrons. The molecule has 0 bridgehead atoms. The van der Waals surface area contributed by atoms with Gasteiger partial charge in [-0.2, -0.15) is 15.0 Å². The first-order chi connectivity index (χ1) is 16.8. The molecule has 1 aromatic heterocycles. The van der Waals surface area contributed by atoms with Crippen LogP contribution in [0, 0.1) is 17.3 Å². The number of nitrogens with zero attached hydrogens (tertiary/aromatic N) is 3. The van der Waals surface area contributed by atoms with Gasteiger partial charge in [-0.25, -0.2) is 0 Å². The lowest BCUT2D eigenvalue weighted by Gasteiger charge is -2.25. The van der Waals surface area contributed by atoms with E-state index >= 15 is 0 Å². The standard InChI is InChI=1S/C32H39N3/c1-6-30-31(34-35(33-30)23-32(3,4)5)24(2)27-19-17-26(18-20-27)22-29(28-15-11-8-12-16-28)21-25-13-9-7-10-14-25/h6-13,15-19,25,27,29H,1-2,14,20-23H2,3-5H3. The average Bonchev–Trinajstić information content (AvgIpc) is 3.26. The Hall–Kier alpha value is -3.20. The van der Waals surface area contributed by atoms with Crippen molar-refractivity contribution in [3.05, 3.63) is 109 Å². The summed E-state index contributed by atoms with van der Waals surface area (Å²) in [5.74, 6) is 1.36. The van der Waals surface area contributed by atoms with Crippen LogP contribution in [-0.2, 0) is 6.54 Å². The summed E-state index contributed by atoms with van der Waals surface area (Å²) in [4.78, 5) is 1.80. The lowest BCUT2D eigenvalue weighted by atomic mass is 9.80. The fraction of sp³-hybridized carbons (Fsp3) is 0.375. The Morgan fingerprint density at radius 3 is 2.54 bits per heavy atom. The van der Waals surface area contributed by atoms with Gasteiger partial charge < -0.3 is 0 Å². The smallest absolute Gasteiger partial charge is 0.116 e. The molecule has 0 fully saturated rings. The molecule has 2 aliphatic carbocycles. The minimum atomic E-state index is 0.109. The van der Waals surface area contributed by atoms with Crippen LogP contribution in [0.2, 0.25) is 0 Å². The van der Waals surface area contributed by atoms with Crippen molar-refractivity contribution in [1.29, 1.82) is 0 Å². The number of aromatic nitrogens is 3. The first kappa shape index (κ1) is 24.9. The van der Waals surface area contributed by atoms with Crippen molar-refractivity contribution in [2.24, 2.45) is 17.3 Å². The molecule has 0 radical (unpaired) electrons. The highest BCUT2D eigenvalue weighted by Gasteiger charge is 2.23. The molecule has 3 unspecified atom stereocenters. The van der Waals surface area contributed by atoms with Gasteiger partial charge in [-0.1, -0.05) is 112 Å². The number of allylic oxidation sites excluding steroid dienone is 9. The Kier molecular flexibility index (Phi) is 7.85. The largest absolute Gasteiger partial charge is 0.183 e. The van der Waals surface area contributed by atoms with E-state index in [-0.39, 0.29) is 11.3 Å². The molecule has 0 aliphatic heterocycles. The highest BCUT2D eigenvalue weighted by Crippen LogP contribution is 2.36. The minimum absolute atomic E-state index is 0.109. The zero-order valence-electron chi connectivity index (χ0n) is 21.5. The van der Waals surface area contributed by atoms with Gasteiger partial charge in [0.1, 0.15) is 11.4 Å². The van der Waals surface area contributed by atoms with Gasteiger partial charge in [0.05, 0.1) is 6.54 Å². The Morgan fingerprint density at radius 1 is 1.11 bits per heavy atom. The summed E-state index contributed by atoms with van der Waals surface area (Å²) >= 11 is 0. The van der Waals surface area contributed by atoms with Crippen molar-refractivity contribution < 1.29 is 0 Å². The Bertz CT molecular complexity index is 1150. The molecule has 3 atom stereocenters. The SMILES string of the molecule is C=Cc1nn(CC(C)(C)C)nc1C(=C)C1C=CC(CC(CC2C=CC=CC2)c2ccccc2)=CC1. The number of rotatable bonds is 9. The Balaban J connectivity index is 1.44. The summed E-state index contributed by atoms with van der Waals surface area (Å²) in [6.45, 7) is 15.7. The molecule has 3 heteroatoms. The van der Waals surface area contributed by atoms with E-state index < -0.39 is 0 Å². The Labute approximate surface area is 211 Å². The van der Waals surface area contributed by atoms with Crippen molar-refractivity contribution in [2.45, 2.75) is 58.9 Å². The maximum Gasteiger partial charge on any atom is 0.116 e. The molecule has 0 spiro atoms. The van der Waals surface area contributed by atoms with Crippen molar-refractivity contribution in [2.75, 3.05) is 0 Å². The molecule has 1 aromatic carbocycles. The summed E-state index contributed by atoms with van der Waals surface area (Å²) in [6.07, 6.45) is 22.1. The third-order valence-electron chi connectivity index (χ3n) is 6.83. The van der Waals surface area contributed by atoms with Gasteiger partial charge in [-0.3, -0.25) is 0 Å². The van der Waals surface area contributed by atoms with E-state index in [4.69, 9.17) is 5.10 Å². The van der Waals surface area contributed by atoms with Gasteiger partial charge in [-0.05, 0) is 60.1 Å². The second-order valence-electron chi connectivity index (χ2n) is 11.1. The van der Waals surface area contributed by atoms with E-state index in [1.807, 2.05) is 0 Å².